The number of hydrogen-bond acceptors (Lipinski definition) is 6. The molecule has 0 fully saturated rings. The Balaban J connectivity index is 0.958. The molecule has 8 nitrogen and oxygen atoms in total. The van der Waals surface area contributed by atoms with E-state index in [2.05, 4.69) is 246 Å². The molecule has 8 heteroatoms. The number of nitriles is 3. The van der Waals surface area contributed by atoms with Crippen molar-refractivity contribution in [2.45, 2.75) is 0 Å². The first-order valence-electron chi connectivity index (χ1n) is 32.5. The molecule has 17 rings (SSSR count). The summed E-state index contributed by atoms with van der Waals surface area (Å²) in [6.45, 7) is 0. The van der Waals surface area contributed by atoms with Crippen LogP contribution in [0.15, 0.2) is 328 Å². The van der Waals surface area contributed by atoms with Crippen LogP contribution in [-0.2, 0) is 0 Å². The van der Waals surface area contributed by atoms with Crippen molar-refractivity contribution in [3.63, 3.8) is 0 Å². The average Bonchev–Trinajstić information content (AvgIpc) is 1.33. The van der Waals surface area contributed by atoms with Gasteiger partial charge in [0.1, 0.15) is 0 Å². The van der Waals surface area contributed by atoms with E-state index in [0.717, 1.165) is 150 Å². The van der Waals surface area contributed by atoms with E-state index in [9.17, 15) is 15.8 Å². The molecule has 3 heterocycles. The van der Waals surface area contributed by atoms with Crippen molar-refractivity contribution in [2.75, 3.05) is 0 Å². The smallest absolute Gasteiger partial charge is 0.166 e. The third-order valence-corrected chi connectivity index (χ3v) is 18.7. The van der Waals surface area contributed by atoms with Crippen molar-refractivity contribution < 1.29 is 0 Å². The van der Waals surface area contributed by atoms with E-state index in [4.69, 9.17) is 15.0 Å². The van der Waals surface area contributed by atoms with Crippen molar-refractivity contribution in [1.82, 2.24) is 24.1 Å². The number of nitrogens with zero attached hydrogens (tertiary/aromatic N) is 8. The van der Waals surface area contributed by atoms with Crippen LogP contribution >= 0.6 is 0 Å². The van der Waals surface area contributed by atoms with Gasteiger partial charge in [-0.25, -0.2) is 15.0 Å². The van der Waals surface area contributed by atoms with Gasteiger partial charge in [0.15, 0.2) is 17.5 Å². The van der Waals surface area contributed by atoms with Gasteiger partial charge in [-0.05, 0) is 187 Å². The van der Waals surface area contributed by atoms with E-state index in [-0.39, 0.29) is 0 Å². The Hall–Kier alpha value is -13.8. The van der Waals surface area contributed by atoms with Crippen LogP contribution in [0.4, 0.5) is 0 Å². The van der Waals surface area contributed by atoms with Gasteiger partial charge in [-0.3, -0.25) is 0 Å². The van der Waals surface area contributed by atoms with E-state index in [1.807, 2.05) is 109 Å². The fourth-order valence-corrected chi connectivity index (χ4v) is 13.8. The van der Waals surface area contributed by atoms with Gasteiger partial charge < -0.3 is 9.13 Å². The molecule has 0 aliphatic rings. The van der Waals surface area contributed by atoms with Crippen LogP contribution in [0.2, 0.25) is 0 Å². The molecule has 0 amide bonds. The molecule has 454 valence electrons. The van der Waals surface area contributed by atoms with Crippen LogP contribution in [0.1, 0.15) is 16.7 Å². The predicted octanol–water partition coefficient (Wildman–Crippen LogP) is 22.4. The molecule has 14 aromatic carbocycles. The summed E-state index contributed by atoms with van der Waals surface area (Å²) >= 11 is 0. The Bertz CT molecular complexity index is 5580. The minimum absolute atomic E-state index is 0.426. The quantitative estimate of drug-likeness (QED) is 0.120. The van der Waals surface area contributed by atoms with Gasteiger partial charge in [0.2, 0.25) is 0 Å². The molecule has 0 unspecified atom stereocenters. The summed E-state index contributed by atoms with van der Waals surface area (Å²) in [7, 11) is 0. The van der Waals surface area contributed by atoms with E-state index in [1.165, 1.54) is 0 Å². The average molecular weight is 1250 g/mol. The molecule has 0 saturated heterocycles. The predicted molar refractivity (Wildman–Crippen MR) is 397 cm³/mol. The molecule has 0 bridgehead atoms. The van der Waals surface area contributed by atoms with Crippen molar-refractivity contribution >= 4 is 43.6 Å². The molecule has 0 atom stereocenters. The van der Waals surface area contributed by atoms with E-state index >= 15 is 0 Å². The summed E-state index contributed by atoms with van der Waals surface area (Å²) in [6, 6.07) is 120. The molecule has 0 spiro atoms. The van der Waals surface area contributed by atoms with Crippen LogP contribution in [0.5, 0.6) is 0 Å². The minimum Gasteiger partial charge on any atom is -0.308 e. The Morgan fingerprint density at radius 3 is 0.816 bits per heavy atom. The monoisotopic (exact) mass is 1250 g/mol. The van der Waals surface area contributed by atoms with Crippen molar-refractivity contribution in [2.24, 2.45) is 0 Å². The molecule has 98 heavy (non-hydrogen) atoms. The topological polar surface area (TPSA) is 120 Å². The molecule has 0 saturated carbocycles. The van der Waals surface area contributed by atoms with E-state index in [1.54, 1.807) is 0 Å². The maximum atomic E-state index is 10.0. The molecule has 0 aliphatic heterocycles. The minimum atomic E-state index is 0.426. The maximum absolute atomic E-state index is 10.0. The van der Waals surface area contributed by atoms with Crippen molar-refractivity contribution in [3.8, 4) is 142 Å². The highest BCUT2D eigenvalue weighted by Gasteiger charge is 2.25. The fraction of sp³-hybridized carbons (Fsp3) is 0. The zero-order chi connectivity index (χ0) is 65.6. The lowest BCUT2D eigenvalue weighted by Crippen LogP contribution is -2.06. The molecule has 3 aromatic heterocycles. The van der Waals surface area contributed by atoms with Crippen LogP contribution < -0.4 is 0 Å². The summed E-state index contributed by atoms with van der Waals surface area (Å²) in [5.41, 5.74) is 24.0. The molecule has 0 radical (unpaired) electrons. The fourth-order valence-electron chi connectivity index (χ4n) is 13.8. The largest absolute Gasteiger partial charge is 0.308 e. The third kappa shape index (κ3) is 10.6. The SMILES string of the molecule is N#Cc1ccc(-c2ccc(-n3c4ccc(-c5ccccc5)cc4c4cc(-c5ccccc5)ccc43)c(-c3nc(-c4ccc(-c5cccc(C#N)c5)cc4)nc(-c4cc(-c5ccc(C#N)cc5)ccc4-n4c5ccc(-c6ccccc6)cc5c5cc(-c6ccccc6)ccc54)n3)c2)cc1. The van der Waals surface area contributed by atoms with Crippen LogP contribution in [-0.4, -0.2) is 24.1 Å². The third-order valence-electron chi connectivity index (χ3n) is 18.7. The zero-order valence-corrected chi connectivity index (χ0v) is 52.8. The number of fused-ring (bicyclic) bond motifs is 6. The molecular formula is C90H54N8. The van der Waals surface area contributed by atoms with E-state index in [0.29, 0.717) is 34.2 Å². The van der Waals surface area contributed by atoms with Gasteiger partial charge in [-0.1, -0.05) is 218 Å². The van der Waals surface area contributed by atoms with Gasteiger partial charge >= 0.3 is 0 Å². The Kier molecular flexibility index (Phi) is 14.5. The molecule has 0 N–H and O–H groups in total. The second kappa shape index (κ2) is 24.6. The summed E-state index contributed by atoms with van der Waals surface area (Å²) in [4.78, 5) is 17.1. The van der Waals surface area contributed by atoms with Gasteiger partial charge in [0, 0.05) is 38.2 Å². The number of hydrogen-bond donors (Lipinski definition) is 0. The first-order chi connectivity index (χ1) is 48.4. The number of benzene rings is 14. The van der Waals surface area contributed by atoms with E-state index < -0.39 is 0 Å². The van der Waals surface area contributed by atoms with Gasteiger partial charge in [-0.15, -0.1) is 0 Å². The lowest BCUT2D eigenvalue weighted by molar-refractivity contribution is 1.06. The summed E-state index contributed by atoms with van der Waals surface area (Å²) in [5, 5.41) is 34.3. The second-order valence-electron chi connectivity index (χ2n) is 24.5. The normalized spacial score (nSPS) is 11.2. The second-order valence-corrected chi connectivity index (χ2v) is 24.5. The Labute approximate surface area is 566 Å². The van der Waals surface area contributed by atoms with Crippen LogP contribution in [0.3, 0.4) is 0 Å². The lowest BCUT2D eigenvalue weighted by Gasteiger charge is -2.18. The van der Waals surface area contributed by atoms with Gasteiger partial charge in [0.25, 0.3) is 0 Å². The number of rotatable bonds is 12. The Morgan fingerprint density at radius 2 is 0.469 bits per heavy atom. The van der Waals surface area contributed by atoms with Crippen LogP contribution in [0, 0.1) is 34.0 Å². The zero-order valence-electron chi connectivity index (χ0n) is 52.8. The van der Waals surface area contributed by atoms with Gasteiger partial charge in [0.05, 0.1) is 68.3 Å². The summed E-state index contributed by atoms with van der Waals surface area (Å²) in [6.07, 6.45) is 0. The van der Waals surface area contributed by atoms with Crippen LogP contribution in [0.25, 0.3) is 167 Å². The van der Waals surface area contributed by atoms with Crippen molar-refractivity contribution in [1.29, 1.82) is 15.8 Å². The summed E-state index contributed by atoms with van der Waals surface area (Å²) < 4.78 is 4.70. The highest BCUT2D eigenvalue weighted by atomic mass is 15.1. The highest BCUT2D eigenvalue weighted by molar-refractivity contribution is 6.14. The first-order valence-corrected chi connectivity index (χ1v) is 32.5. The standard InChI is InChI=1S/C90H54N8/c91-55-58-24-28-65(29-25-58)74-40-46-86(97-82-42-36-70(61-15-5-1-6-16-61)49-76(82)77-50-71(37-43-83(77)97)62-17-7-2-8-18-62)80(53-74)89-94-88(68-34-32-67(33-35-68)69-23-13-14-60(48-69)57-93)95-90(96-89)81-54-75(66-30-26-59(56-92)27-31-66)41-47-87(81)98-84-44-38-72(63-19-9-3-10-20-63)51-78(84)79-52-73(39-45-85(79)98)64-21-11-4-12-22-64/h1-54H. The van der Waals surface area contributed by atoms with Gasteiger partial charge in [-0.2, -0.15) is 15.8 Å². The molecular weight excluding hydrogens is 1190 g/mol. The molecule has 17 aromatic rings. The Morgan fingerprint density at radius 1 is 0.204 bits per heavy atom. The number of aromatic nitrogens is 5. The maximum Gasteiger partial charge on any atom is 0.166 e. The summed E-state index contributed by atoms with van der Waals surface area (Å²) in [5.74, 6) is 1.29. The molecule has 0 aliphatic carbocycles. The highest BCUT2D eigenvalue weighted by Crippen LogP contribution is 2.44. The first kappa shape index (κ1) is 58.0. The van der Waals surface area contributed by atoms with Crippen molar-refractivity contribution in [3.05, 3.63) is 344 Å². The lowest BCUT2D eigenvalue weighted by atomic mass is 9.99.